The lowest BCUT2D eigenvalue weighted by Gasteiger charge is -2.32. The molecule has 3 fully saturated rings. The normalized spacial score (nSPS) is 28.9. The molecule has 2 heterocycles. The van der Waals surface area contributed by atoms with E-state index in [0.29, 0.717) is 6.10 Å². The Hall–Kier alpha value is -0.260. The van der Waals surface area contributed by atoms with Crippen molar-refractivity contribution < 1.29 is 9.47 Å². The van der Waals surface area contributed by atoms with Crippen molar-refractivity contribution in [2.24, 2.45) is 4.99 Å². The van der Waals surface area contributed by atoms with Gasteiger partial charge in [-0.15, -0.1) is 0 Å². The Morgan fingerprint density at radius 3 is 2.85 bits per heavy atom. The second-order valence-electron chi connectivity index (χ2n) is 6.12. The molecule has 114 valence electrons. The van der Waals surface area contributed by atoms with Gasteiger partial charge in [-0.05, 0) is 25.7 Å². The minimum absolute atomic E-state index is 0.256. The quantitative estimate of drug-likeness (QED) is 0.810. The highest BCUT2D eigenvalue weighted by atomic mass is 32.2. The Labute approximate surface area is 126 Å². The molecule has 0 aromatic rings. The molecule has 1 aliphatic carbocycles. The van der Waals surface area contributed by atoms with Gasteiger partial charge in [0.2, 0.25) is 0 Å². The first-order valence-corrected chi connectivity index (χ1v) is 9.00. The molecule has 1 saturated carbocycles. The van der Waals surface area contributed by atoms with E-state index in [1.54, 1.807) is 0 Å². The zero-order chi connectivity index (χ0) is 13.7. The molecule has 20 heavy (non-hydrogen) atoms. The molecular formula is C15H26N2O2S. The second kappa shape index (κ2) is 7.14. The summed E-state index contributed by atoms with van der Waals surface area (Å²) in [5.74, 6) is 1.14. The van der Waals surface area contributed by atoms with Gasteiger partial charge < -0.3 is 14.8 Å². The van der Waals surface area contributed by atoms with Crippen molar-refractivity contribution in [3.05, 3.63) is 0 Å². The SMILES string of the molecule is C1CCC(OCCN=C2NC3(CCOCC3)CS2)CC1. The van der Waals surface area contributed by atoms with Gasteiger partial charge in [0.1, 0.15) is 0 Å². The van der Waals surface area contributed by atoms with Gasteiger partial charge in [0.15, 0.2) is 5.17 Å². The molecule has 4 nitrogen and oxygen atoms in total. The van der Waals surface area contributed by atoms with Crippen LogP contribution in [0.1, 0.15) is 44.9 Å². The lowest BCUT2D eigenvalue weighted by Crippen LogP contribution is -2.48. The van der Waals surface area contributed by atoms with Crippen LogP contribution in [0.25, 0.3) is 0 Å². The number of hydrogen-bond donors (Lipinski definition) is 1. The van der Waals surface area contributed by atoms with Crippen molar-refractivity contribution in [1.82, 2.24) is 5.32 Å². The molecule has 2 aliphatic heterocycles. The Kier molecular flexibility index (Phi) is 5.24. The number of nitrogens with zero attached hydrogens (tertiary/aromatic N) is 1. The minimum atomic E-state index is 0.256. The van der Waals surface area contributed by atoms with E-state index in [9.17, 15) is 0 Å². The summed E-state index contributed by atoms with van der Waals surface area (Å²) in [6.45, 7) is 3.32. The molecule has 1 spiro atoms. The maximum Gasteiger partial charge on any atom is 0.157 e. The van der Waals surface area contributed by atoms with E-state index < -0.39 is 0 Å². The number of nitrogens with one attached hydrogen (secondary N) is 1. The van der Waals surface area contributed by atoms with Crippen LogP contribution < -0.4 is 5.32 Å². The summed E-state index contributed by atoms with van der Waals surface area (Å²) < 4.78 is 11.4. The first kappa shape index (κ1) is 14.7. The van der Waals surface area contributed by atoms with Crippen molar-refractivity contribution in [2.75, 3.05) is 32.1 Å². The Balaban J connectivity index is 1.37. The van der Waals surface area contributed by atoms with E-state index in [1.807, 2.05) is 11.8 Å². The highest BCUT2D eigenvalue weighted by molar-refractivity contribution is 8.14. The van der Waals surface area contributed by atoms with Crippen molar-refractivity contribution >= 4 is 16.9 Å². The van der Waals surface area contributed by atoms with Gasteiger partial charge in [0.05, 0.1) is 24.8 Å². The molecule has 3 rings (SSSR count). The summed E-state index contributed by atoms with van der Waals surface area (Å²) in [4.78, 5) is 4.66. The van der Waals surface area contributed by atoms with Crippen LogP contribution in [-0.2, 0) is 9.47 Å². The van der Waals surface area contributed by atoms with Crippen molar-refractivity contribution in [2.45, 2.75) is 56.6 Å². The zero-order valence-corrected chi connectivity index (χ0v) is 13.1. The summed E-state index contributed by atoms with van der Waals surface area (Å²) in [6.07, 6.45) is 9.25. The third-order valence-corrected chi connectivity index (χ3v) is 5.76. The molecule has 0 aromatic carbocycles. The average Bonchev–Trinajstić information content (AvgIpc) is 2.88. The Bertz CT molecular complexity index is 337. The third-order valence-electron chi connectivity index (χ3n) is 4.56. The maximum atomic E-state index is 5.92. The largest absolute Gasteiger partial charge is 0.381 e. The van der Waals surface area contributed by atoms with Crippen LogP contribution in [0.4, 0.5) is 0 Å². The number of rotatable bonds is 4. The van der Waals surface area contributed by atoms with Gasteiger partial charge in [-0.3, -0.25) is 4.99 Å². The monoisotopic (exact) mass is 298 g/mol. The summed E-state index contributed by atoms with van der Waals surface area (Å²) in [5.41, 5.74) is 0.256. The second-order valence-corrected chi connectivity index (χ2v) is 7.09. The van der Waals surface area contributed by atoms with Crippen LogP contribution in [0.5, 0.6) is 0 Å². The van der Waals surface area contributed by atoms with Crippen molar-refractivity contribution in [3.63, 3.8) is 0 Å². The van der Waals surface area contributed by atoms with E-state index >= 15 is 0 Å². The summed E-state index contributed by atoms with van der Waals surface area (Å²) in [6, 6.07) is 0. The van der Waals surface area contributed by atoms with Gasteiger partial charge in [-0.2, -0.15) is 0 Å². The predicted molar refractivity (Wildman–Crippen MR) is 83.5 cm³/mol. The van der Waals surface area contributed by atoms with Crippen LogP contribution in [0.2, 0.25) is 0 Å². The molecule has 0 unspecified atom stereocenters. The molecule has 0 radical (unpaired) electrons. The molecule has 2 saturated heterocycles. The molecule has 0 bridgehead atoms. The first-order chi connectivity index (χ1) is 9.86. The van der Waals surface area contributed by atoms with Gasteiger partial charge in [-0.1, -0.05) is 31.0 Å². The molecule has 0 aromatic heterocycles. The lowest BCUT2D eigenvalue weighted by molar-refractivity contribution is 0.0334. The van der Waals surface area contributed by atoms with E-state index in [4.69, 9.17) is 9.47 Å². The minimum Gasteiger partial charge on any atom is -0.381 e. The number of hydrogen-bond acceptors (Lipinski definition) is 4. The summed E-state index contributed by atoms with van der Waals surface area (Å²) in [7, 11) is 0. The van der Waals surface area contributed by atoms with Gasteiger partial charge in [0, 0.05) is 19.0 Å². The van der Waals surface area contributed by atoms with E-state index in [1.165, 1.54) is 32.1 Å². The van der Waals surface area contributed by atoms with Gasteiger partial charge in [-0.25, -0.2) is 0 Å². The first-order valence-electron chi connectivity index (χ1n) is 8.01. The third kappa shape index (κ3) is 3.89. The standard InChI is InChI=1S/C15H26N2O2S/c1-2-4-13(5-3-1)19-11-8-16-14-17-15(12-20-14)6-9-18-10-7-15/h13H,1-12H2,(H,16,17). The lowest BCUT2D eigenvalue weighted by atomic mass is 9.93. The number of aliphatic imine (C=N–C) groups is 1. The molecule has 0 atom stereocenters. The predicted octanol–water partition coefficient (Wildman–Crippen LogP) is 2.58. The molecule has 5 heteroatoms. The van der Waals surface area contributed by atoms with Crippen LogP contribution >= 0.6 is 11.8 Å². The molecule has 3 aliphatic rings. The van der Waals surface area contributed by atoms with Crippen LogP contribution in [0, 0.1) is 0 Å². The fourth-order valence-electron chi connectivity index (χ4n) is 3.22. The fourth-order valence-corrected chi connectivity index (χ4v) is 4.47. The summed E-state index contributed by atoms with van der Waals surface area (Å²) in [5, 5.41) is 4.73. The van der Waals surface area contributed by atoms with Crippen molar-refractivity contribution in [3.8, 4) is 0 Å². The van der Waals surface area contributed by atoms with Crippen LogP contribution in [-0.4, -0.2) is 48.9 Å². The maximum absolute atomic E-state index is 5.92. The average molecular weight is 298 g/mol. The van der Waals surface area contributed by atoms with Crippen LogP contribution in [0.15, 0.2) is 4.99 Å². The zero-order valence-electron chi connectivity index (χ0n) is 12.2. The van der Waals surface area contributed by atoms with Gasteiger partial charge in [0.25, 0.3) is 0 Å². The summed E-state index contributed by atoms with van der Waals surface area (Å²) >= 11 is 1.86. The topological polar surface area (TPSA) is 42.8 Å². The Morgan fingerprint density at radius 1 is 1.25 bits per heavy atom. The molecule has 0 amide bonds. The van der Waals surface area contributed by atoms with Gasteiger partial charge >= 0.3 is 0 Å². The molecule has 1 N–H and O–H groups in total. The van der Waals surface area contributed by atoms with E-state index in [2.05, 4.69) is 10.3 Å². The Morgan fingerprint density at radius 2 is 2.05 bits per heavy atom. The van der Waals surface area contributed by atoms with E-state index in [0.717, 1.165) is 50.1 Å². The number of thioether (sulfide) groups is 1. The van der Waals surface area contributed by atoms with Crippen LogP contribution in [0.3, 0.4) is 0 Å². The fraction of sp³-hybridized carbons (Fsp3) is 0.933. The molecular weight excluding hydrogens is 272 g/mol. The highest BCUT2D eigenvalue weighted by Gasteiger charge is 2.38. The van der Waals surface area contributed by atoms with E-state index in [-0.39, 0.29) is 5.54 Å². The number of ether oxygens (including phenoxy) is 2. The van der Waals surface area contributed by atoms with Crippen molar-refractivity contribution in [1.29, 1.82) is 0 Å². The highest BCUT2D eigenvalue weighted by Crippen LogP contribution is 2.31. The number of amidine groups is 1. The smallest absolute Gasteiger partial charge is 0.157 e.